The van der Waals surface area contributed by atoms with Gasteiger partial charge in [0, 0.05) is 30.9 Å². The van der Waals surface area contributed by atoms with E-state index in [1.54, 1.807) is 47.5 Å². The van der Waals surface area contributed by atoms with Gasteiger partial charge in [-0.3, -0.25) is 9.59 Å². The maximum Gasteiger partial charge on any atom is 0.257 e. The summed E-state index contributed by atoms with van der Waals surface area (Å²) in [5.74, 6) is -0.00813. The van der Waals surface area contributed by atoms with E-state index in [4.69, 9.17) is 21.1 Å². The molecule has 1 aromatic heterocycles. The number of hydrogen-bond donors (Lipinski definition) is 1. The van der Waals surface area contributed by atoms with Gasteiger partial charge < -0.3 is 24.6 Å². The summed E-state index contributed by atoms with van der Waals surface area (Å²) in [5, 5.41) is 3.45. The van der Waals surface area contributed by atoms with E-state index >= 15 is 0 Å². The fourth-order valence-electron chi connectivity index (χ4n) is 4.03. The molecule has 0 aliphatic carbocycles. The number of carbonyl (C=O) groups is 2. The molecule has 1 atom stereocenters. The monoisotopic (exact) mass is 522 g/mol. The van der Waals surface area contributed by atoms with Crippen LogP contribution in [0.15, 0.2) is 72.9 Å². The molecule has 0 bridgehead atoms. The zero-order valence-electron chi connectivity index (χ0n) is 20.8. The number of amides is 2. The topological polar surface area (TPSA) is 84.0 Å². The molecule has 8 nitrogen and oxygen atoms in total. The maximum absolute atomic E-state index is 13.5. The molecule has 0 radical (unpaired) electrons. The first-order chi connectivity index (χ1) is 18.0. The standard InChI is InChI=1S/C28H31ClN4O4/c1-32-15-6-16-33(18-17-32)28(35)25(20-36-19-21-7-3-2-4-8-21)31-26(34)24-9-5-14-30-27(24)37-23-12-10-22(29)11-13-23/h2-5,7-14,25H,6,15-20H2,1H3,(H,31,34)/t25-/m1/s1. The number of ether oxygens (including phenoxy) is 2. The van der Waals surface area contributed by atoms with Gasteiger partial charge >= 0.3 is 0 Å². The number of benzene rings is 2. The van der Waals surface area contributed by atoms with Gasteiger partial charge in [-0.2, -0.15) is 0 Å². The second kappa shape index (κ2) is 13.2. The Bertz CT molecular complexity index is 1180. The molecule has 2 aromatic carbocycles. The molecular formula is C28H31ClN4O4. The molecule has 1 fully saturated rings. The van der Waals surface area contributed by atoms with Crippen LogP contribution in [0.25, 0.3) is 0 Å². The number of rotatable bonds is 9. The van der Waals surface area contributed by atoms with Gasteiger partial charge in [0.2, 0.25) is 11.8 Å². The van der Waals surface area contributed by atoms with Gasteiger partial charge in [-0.25, -0.2) is 4.98 Å². The third-order valence-corrected chi connectivity index (χ3v) is 6.33. The zero-order chi connectivity index (χ0) is 26.0. The van der Waals surface area contributed by atoms with E-state index in [1.807, 2.05) is 37.4 Å². The summed E-state index contributed by atoms with van der Waals surface area (Å²) < 4.78 is 11.7. The van der Waals surface area contributed by atoms with Crippen LogP contribution in [-0.4, -0.2) is 72.5 Å². The molecule has 194 valence electrons. The van der Waals surface area contributed by atoms with Gasteiger partial charge in [0.25, 0.3) is 5.91 Å². The number of hydrogen-bond acceptors (Lipinski definition) is 6. The number of nitrogens with one attached hydrogen (secondary N) is 1. The first-order valence-corrected chi connectivity index (χ1v) is 12.7. The van der Waals surface area contributed by atoms with Crippen molar-refractivity contribution < 1.29 is 19.1 Å². The van der Waals surface area contributed by atoms with Gasteiger partial charge in [-0.1, -0.05) is 41.9 Å². The van der Waals surface area contributed by atoms with Crippen molar-refractivity contribution >= 4 is 23.4 Å². The number of halogens is 1. The molecule has 2 amide bonds. The van der Waals surface area contributed by atoms with Crippen LogP contribution in [0.5, 0.6) is 11.6 Å². The van der Waals surface area contributed by atoms with Crippen LogP contribution in [0.3, 0.4) is 0 Å². The fourth-order valence-corrected chi connectivity index (χ4v) is 4.15. The highest BCUT2D eigenvalue weighted by atomic mass is 35.5. The predicted molar refractivity (Wildman–Crippen MR) is 142 cm³/mol. The van der Waals surface area contributed by atoms with Crippen molar-refractivity contribution in [1.82, 2.24) is 20.1 Å². The van der Waals surface area contributed by atoms with Gasteiger partial charge in [0.15, 0.2) is 0 Å². The van der Waals surface area contributed by atoms with Crippen LogP contribution >= 0.6 is 11.6 Å². The van der Waals surface area contributed by atoms with Gasteiger partial charge in [0.05, 0.1) is 13.2 Å². The average Bonchev–Trinajstić information content (AvgIpc) is 3.14. The minimum Gasteiger partial charge on any atom is -0.438 e. The Labute approximate surface area is 222 Å². The molecule has 37 heavy (non-hydrogen) atoms. The summed E-state index contributed by atoms with van der Waals surface area (Å²) >= 11 is 5.96. The van der Waals surface area contributed by atoms with E-state index < -0.39 is 11.9 Å². The quantitative estimate of drug-likeness (QED) is 0.457. The third kappa shape index (κ3) is 7.76. The van der Waals surface area contributed by atoms with Crippen LogP contribution in [0, 0.1) is 0 Å². The van der Waals surface area contributed by atoms with Gasteiger partial charge in [-0.15, -0.1) is 0 Å². The molecule has 2 heterocycles. The highest BCUT2D eigenvalue weighted by molar-refractivity contribution is 6.30. The Morgan fingerprint density at radius 2 is 1.78 bits per heavy atom. The van der Waals surface area contributed by atoms with E-state index in [2.05, 4.69) is 15.2 Å². The summed E-state index contributed by atoms with van der Waals surface area (Å²) in [4.78, 5) is 35.1. The molecule has 9 heteroatoms. The van der Waals surface area contributed by atoms with Crippen LogP contribution in [-0.2, 0) is 16.1 Å². The normalized spacial score (nSPS) is 15.0. The number of nitrogens with zero attached hydrogens (tertiary/aromatic N) is 3. The lowest BCUT2D eigenvalue weighted by Crippen LogP contribution is -2.51. The maximum atomic E-state index is 13.5. The van der Waals surface area contributed by atoms with Crippen LogP contribution < -0.4 is 10.1 Å². The molecule has 1 N–H and O–H groups in total. The van der Waals surface area contributed by atoms with Crippen molar-refractivity contribution in [1.29, 1.82) is 0 Å². The lowest BCUT2D eigenvalue weighted by Gasteiger charge is -2.27. The number of aromatic nitrogens is 1. The summed E-state index contributed by atoms with van der Waals surface area (Å²) in [6.45, 7) is 3.30. The Kier molecular flexibility index (Phi) is 9.48. The number of pyridine rings is 1. The van der Waals surface area contributed by atoms with E-state index in [1.165, 1.54) is 0 Å². The predicted octanol–water partition coefficient (Wildman–Crippen LogP) is 4.01. The highest BCUT2D eigenvalue weighted by Crippen LogP contribution is 2.24. The lowest BCUT2D eigenvalue weighted by atomic mass is 10.2. The Balaban J connectivity index is 1.49. The molecule has 1 saturated heterocycles. The summed E-state index contributed by atoms with van der Waals surface area (Å²) in [6.07, 6.45) is 2.41. The summed E-state index contributed by atoms with van der Waals surface area (Å²) in [5.41, 5.74) is 1.20. The van der Waals surface area contributed by atoms with Crippen molar-refractivity contribution in [2.45, 2.75) is 19.1 Å². The molecule has 1 aliphatic heterocycles. The lowest BCUT2D eigenvalue weighted by molar-refractivity contribution is -0.134. The van der Waals surface area contributed by atoms with Gasteiger partial charge in [-0.05, 0) is 62.0 Å². The van der Waals surface area contributed by atoms with Crippen molar-refractivity contribution in [3.05, 3.63) is 89.1 Å². The fraction of sp³-hybridized carbons (Fsp3) is 0.321. The molecule has 0 spiro atoms. The molecule has 0 unspecified atom stereocenters. The smallest absolute Gasteiger partial charge is 0.257 e. The van der Waals surface area contributed by atoms with Crippen LogP contribution in [0.4, 0.5) is 0 Å². The minimum absolute atomic E-state index is 0.0411. The number of likely N-dealkylation sites (N-methyl/N-ethyl adjacent to an activating group) is 1. The van der Waals surface area contributed by atoms with Crippen molar-refractivity contribution in [2.75, 3.05) is 39.8 Å². The Hall–Kier alpha value is -3.46. The Morgan fingerprint density at radius 3 is 2.57 bits per heavy atom. The molecule has 1 aliphatic rings. The van der Waals surface area contributed by atoms with Gasteiger partial charge in [0.1, 0.15) is 17.4 Å². The molecular weight excluding hydrogens is 492 g/mol. The van der Waals surface area contributed by atoms with Crippen LogP contribution in [0.2, 0.25) is 5.02 Å². The van der Waals surface area contributed by atoms with E-state index in [0.717, 1.165) is 25.1 Å². The molecule has 4 rings (SSSR count). The van der Waals surface area contributed by atoms with E-state index in [9.17, 15) is 9.59 Å². The largest absolute Gasteiger partial charge is 0.438 e. The average molecular weight is 523 g/mol. The minimum atomic E-state index is -0.858. The van der Waals surface area contributed by atoms with Crippen LogP contribution in [0.1, 0.15) is 22.3 Å². The third-order valence-electron chi connectivity index (χ3n) is 6.07. The summed E-state index contributed by atoms with van der Waals surface area (Å²) in [6, 6.07) is 18.9. The van der Waals surface area contributed by atoms with E-state index in [0.29, 0.717) is 30.5 Å². The van der Waals surface area contributed by atoms with Crippen molar-refractivity contribution in [3.63, 3.8) is 0 Å². The van der Waals surface area contributed by atoms with Crippen molar-refractivity contribution in [2.24, 2.45) is 0 Å². The molecule has 0 saturated carbocycles. The highest BCUT2D eigenvalue weighted by Gasteiger charge is 2.29. The van der Waals surface area contributed by atoms with E-state index in [-0.39, 0.29) is 24.0 Å². The Morgan fingerprint density at radius 1 is 1.00 bits per heavy atom. The first kappa shape index (κ1) is 26.6. The zero-order valence-corrected chi connectivity index (χ0v) is 21.6. The van der Waals surface area contributed by atoms with Crippen molar-refractivity contribution in [3.8, 4) is 11.6 Å². The SMILES string of the molecule is CN1CCCN(C(=O)[C@@H](COCc2ccccc2)NC(=O)c2cccnc2Oc2ccc(Cl)cc2)CC1. The number of carbonyl (C=O) groups excluding carboxylic acids is 2. The molecule has 3 aromatic rings. The second-order valence-corrected chi connectivity index (χ2v) is 9.36. The second-order valence-electron chi connectivity index (χ2n) is 8.92. The first-order valence-electron chi connectivity index (χ1n) is 12.3. The summed E-state index contributed by atoms with van der Waals surface area (Å²) in [7, 11) is 2.04.